The van der Waals surface area contributed by atoms with Gasteiger partial charge < -0.3 is 10.5 Å². The monoisotopic (exact) mass is 307 g/mol. The minimum absolute atomic E-state index is 0.372. The fourth-order valence-corrected chi connectivity index (χ4v) is 2.25. The van der Waals surface area contributed by atoms with Crippen molar-refractivity contribution in [3.8, 4) is 5.88 Å². The summed E-state index contributed by atoms with van der Waals surface area (Å²) in [7, 11) is 1.56. The molecule has 18 heavy (non-hydrogen) atoms. The minimum atomic E-state index is -0.372. The van der Waals surface area contributed by atoms with Gasteiger partial charge in [0.05, 0.1) is 13.2 Å². The first kappa shape index (κ1) is 13.0. The molecule has 1 aromatic heterocycles. The third-order valence-corrected chi connectivity index (χ3v) is 3.39. The van der Waals surface area contributed by atoms with Gasteiger partial charge in [-0.25, -0.2) is 4.98 Å². The van der Waals surface area contributed by atoms with E-state index < -0.39 is 0 Å². The Labute approximate surface area is 114 Å². The van der Waals surface area contributed by atoms with Crippen molar-refractivity contribution < 1.29 is 4.74 Å². The van der Waals surface area contributed by atoms with E-state index in [1.807, 2.05) is 25.1 Å². The highest BCUT2D eigenvalue weighted by molar-refractivity contribution is 9.10. The summed E-state index contributed by atoms with van der Waals surface area (Å²) < 4.78 is 6.14. The Morgan fingerprint density at radius 1 is 1.28 bits per heavy atom. The highest BCUT2D eigenvalue weighted by Crippen LogP contribution is 2.29. The fourth-order valence-electron chi connectivity index (χ4n) is 1.76. The Bertz CT molecular complexity index is 560. The largest absolute Gasteiger partial charge is 0.480 e. The lowest BCUT2D eigenvalue weighted by Crippen LogP contribution is -2.16. The van der Waals surface area contributed by atoms with Crippen LogP contribution in [0.2, 0.25) is 0 Å². The predicted molar refractivity (Wildman–Crippen MR) is 73.5 cm³/mol. The maximum absolute atomic E-state index is 6.25. The highest BCUT2D eigenvalue weighted by Gasteiger charge is 2.18. The third kappa shape index (κ3) is 2.52. The van der Waals surface area contributed by atoms with E-state index in [2.05, 4.69) is 25.9 Å². The molecule has 0 saturated carbocycles. The number of hydrogen-bond donors (Lipinski definition) is 1. The van der Waals surface area contributed by atoms with Gasteiger partial charge in [-0.15, -0.1) is 0 Å². The Hall–Kier alpha value is -1.46. The van der Waals surface area contributed by atoms with Gasteiger partial charge in [-0.05, 0) is 18.6 Å². The molecule has 2 N–H and O–H groups in total. The molecule has 0 bridgehead atoms. The Morgan fingerprint density at radius 3 is 2.72 bits per heavy atom. The van der Waals surface area contributed by atoms with Crippen LogP contribution < -0.4 is 10.5 Å². The van der Waals surface area contributed by atoms with Crippen LogP contribution in [0.1, 0.15) is 22.9 Å². The summed E-state index contributed by atoms with van der Waals surface area (Å²) in [6.45, 7) is 2.02. The van der Waals surface area contributed by atoms with Crippen molar-refractivity contribution in [3.05, 3.63) is 51.9 Å². The van der Waals surface area contributed by atoms with Crippen LogP contribution in [-0.2, 0) is 0 Å². The van der Waals surface area contributed by atoms with Gasteiger partial charge in [0.25, 0.3) is 0 Å². The molecule has 2 rings (SSSR count). The van der Waals surface area contributed by atoms with Gasteiger partial charge in [0.1, 0.15) is 5.69 Å². The molecular formula is C13H14BrN3O. The van der Waals surface area contributed by atoms with Crippen molar-refractivity contribution in [3.63, 3.8) is 0 Å². The van der Waals surface area contributed by atoms with Gasteiger partial charge in [-0.3, -0.25) is 4.98 Å². The molecule has 1 unspecified atom stereocenters. The molecule has 4 nitrogen and oxygen atoms in total. The van der Waals surface area contributed by atoms with Crippen LogP contribution in [0.5, 0.6) is 5.88 Å². The topological polar surface area (TPSA) is 61.0 Å². The number of ether oxygens (including phenoxy) is 1. The number of halogens is 1. The maximum atomic E-state index is 6.25. The summed E-state index contributed by atoms with van der Waals surface area (Å²) in [4.78, 5) is 8.38. The molecule has 2 aromatic rings. The van der Waals surface area contributed by atoms with E-state index in [0.29, 0.717) is 11.6 Å². The van der Waals surface area contributed by atoms with E-state index in [1.165, 1.54) is 0 Å². The molecule has 0 aliphatic rings. The number of nitrogens with two attached hydrogens (primary N) is 1. The van der Waals surface area contributed by atoms with E-state index in [1.54, 1.807) is 19.5 Å². The first-order chi connectivity index (χ1) is 8.63. The van der Waals surface area contributed by atoms with Crippen molar-refractivity contribution in [2.24, 2.45) is 5.73 Å². The lowest BCUT2D eigenvalue weighted by molar-refractivity contribution is 0.387. The van der Waals surface area contributed by atoms with Crippen LogP contribution in [0.3, 0.4) is 0 Å². The van der Waals surface area contributed by atoms with E-state index in [-0.39, 0.29) is 6.04 Å². The quantitative estimate of drug-likeness (QED) is 0.947. The summed E-state index contributed by atoms with van der Waals surface area (Å²) >= 11 is 3.51. The van der Waals surface area contributed by atoms with Crippen molar-refractivity contribution >= 4 is 15.9 Å². The lowest BCUT2D eigenvalue weighted by atomic mass is 10.0. The number of rotatable bonds is 3. The fraction of sp³-hybridized carbons (Fsp3) is 0.231. The van der Waals surface area contributed by atoms with Gasteiger partial charge in [0.2, 0.25) is 5.88 Å². The van der Waals surface area contributed by atoms with E-state index in [4.69, 9.17) is 10.5 Å². The Morgan fingerprint density at radius 2 is 2.00 bits per heavy atom. The maximum Gasteiger partial charge on any atom is 0.237 e. The Kier molecular flexibility index (Phi) is 3.93. The minimum Gasteiger partial charge on any atom is -0.480 e. The van der Waals surface area contributed by atoms with E-state index in [0.717, 1.165) is 15.6 Å². The number of nitrogens with zero attached hydrogens (tertiary/aromatic N) is 2. The molecule has 1 heterocycles. The van der Waals surface area contributed by atoms with Gasteiger partial charge in [-0.1, -0.05) is 33.6 Å². The second-order valence-electron chi connectivity index (χ2n) is 3.95. The molecule has 94 valence electrons. The molecule has 1 atom stereocenters. The first-order valence-electron chi connectivity index (χ1n) is 5.50. The zero-order chi connectivity index (χ0) is 13.1. The molecule has 0 aliphatic carbocycles. The highest BCUT2D eigenvalue weighted by atomic mass is 79.9. The average Bonchev–Trinajstić information content (AvgIpc) is 2.40. The van der Waals surface area contributed by atoms with Gasteiger partial charge in [0.15, 0.2) is 0 Å². The zero-order valence-electron chi connectivity index (χ0n) is 10.2. The number of benzene rings is 1. The lowest BCUT2D eigenvalue weighted by Gasteiger charge is -2.15. The average molecular weight is 308 g/mol. The van der Waals surface area contributed by atoms with Crippen molar-refractivity contribution in [2.75, 3.05) is 7.11 Å². The van der Waals surface area contributed by atoms with E-state index >= 15 is 0 Å². The van der Waals surface area contributed by atoms with Crippen LogP contribution in [-0.4, -0.2) is 17.1 Å². The third-order valence-electron chi connectivity index (χ3n) is 2.67. The van der Waals surface area contributed by atoms with Crippen molar-refractivity contribution in [2.45, 2.75) is 13.0 Å². The summed E-state index contributed by atoms with van der Waals surface area (Å²) in [6.07, 6.45) is 3.20. The van der Waals surface area contributed by atoms with Gasteiger partial charge in [0, 0.05) is 16.9 Å². The molecule has 1 aromatic carbocycles. The van der Waals surface area contributed by atoms with Crippen LogP contribution >= 0.6 is 15.9 Å². The van der Waals surface area contributed by atoms with E-state index in [9.17, 15) is 0 Å². The van der Waals surface area contributed by atoms with Crippen LogP contribution in [0.15, 0.2) is 35.1 Å². The standard InChI is InChI=1S/C13H14BrN3O/c1-8-3-4-10(14)9(7-8)11(15)12-13(18-2)17-6-5-16-12/h3-7,11H,15H2,1-2H3. The molecule has 0 spiro atoms. The SMILES string of the molecule is COc1nccnc1C(N)c1cc(C)ccc1Br. The number of hydrogen-bond acceptors (Lipinski definition) is 4. The predicted octanol–water partition coefficient (Wildman–Crippen LogP) is 2.60. The number of methoxy groups -OCH3 is 1. The summed E-state index contributed by atoms with van der Waals surface area (Å²) in [5.41, 5.74) is 8.99. The van der Waals surface area contributed by atoms with Crippen molar-refractivity contribution in [1.82, 2.24) is 9.97 Å². The molecule has 0 aliphatic heterocycles. The first-order valence-corrected chi connectivity index (χ1v) is 6.29. The number of aryl methyl sites for hydroxylation is 1. The van der Waals surface area contributed by atoms with Crippen LogP contribution in [0, 0.1) is 6.92 Å². The molecule has 0 saturated heterocycles. The van der Waals surface area contributed by atoms with Gasteiger partial charge >= 0.3 is 0 Å². The second-order valence-corrected chi connectivity index (χ2v) is 4.81. The molecule has 0 radical (unpaired) electrons. The summed E-state index contributed by atoms with van der Waals surface area (Å²) in [5.74, 6) is 0.457. The second kappa shape index (κ2) is 5.46. The summed E-state index contributed by atoms with van der Waals surface area (Å²) in [6, 6.07) is 5.66. The zero-order valence-corrected chi connectivity index (χ0v) is 11.8. The van der Waals surface area contributed by atoms with Gasteiger partial charge in [-0.2, -0.15) is 0 Å². The molecule has 0 fully saturated rings. The van der Waals surface area contributed by atoms with Crippen molar-refractivity contribution in [1.29, 1.82) is 0 Å². The smallest absolute Gasteiger partial charge is 0.237 e. The normalized spacial score (nSPS) is 12.2. The molecular weight excluding hydrogens is 294 g/mol. The van der Waals surface area contributed by atoms with Crippen LogP contribution in [0.25, 0.3) is 0 Å². The molecule has 0 amide bonds. The Balaban J connectivity index is 2.47. The van der Waals surface area contributed by atoms with Crippen LogP contribution in [0.4, 0.5) is 0 Å². The summed E-state index contributed by atoms with van der Waals surface area (Å²) in [5, 5.41) is 0. The number of aromatic nitrogens is 2. The molecule has 5 heteroatoms.